The van der Waals surface area contributed by atoms with E-state index in [0.29, 0.717) is 23.9 Å². The van der Waals surface area contributed by atoms with Gasteiger partial charge >= 0.3 is 0 Å². The zero-order valence-electron chi connectivity index (χ0n) is 11.0. The highest BCUT2D eigenvalue weighted by Gasteiger charge is 2.17. The normalized spacial score (nSPS) is 12.4. The maximum absolute atomic E-state index is 8.84. The highest BCUT2D eigenvalue weighted by molar-refractivity contribution is 5.64. The molecule has 102 valence electrons. The molecule has 6 nitrogen and oxygen atoms in total. The van der Waals surface area contributed by atoms with Crippen LogP contribution in [0.1, 0.15) is 23.9 Å². The lowest BCUT2D eigenvalue weighted by atomic mass is 10.1. The Morgan fingerprint density at radius 1 is 1.47 bits per heavy atom. The molecule has 0 bridgehead atoms. The molecule has 3 N–H and O–H groups in total. The molecule has 0 saturated heterocycles. The molecular weight excluding hydrogens is 246 g/mol. The number of nitrogens with zero attached hydrogens (tertiary/aromatic N) is 2. The van der Waals surface area contributed by atoms with Crippen molar-refractivity contribution in [3.8, 4) is 17.1 Å². The van der Waals surface area contributed by atoms with E-state index in [1.165, 1.54) is 0 Å². The minimum Gasteiger partial charge on any atom is -0.496 e. The van der Waals surface area contributed by atoms with Crippen molar-refractivity contribution >= 4 is 0 Å². The van der Waals surface area contributed by atoms with E-state index in [1.807, 2.05) is 25.1 Å². The van der Waals surface area contributed by atoms with Crippen molar-refractivity contribution in [3.05, 3.63) is 29.7 Å². The predicted octanol–water partition coefficient (Wildman–Crippen LogP) is 1.44. The largest absolute Gasteiger partial charge is 0.496 e. The minimum absolute atomic E-state index is 0.0211. The van der Waals surface area contributed by atoms with Crippen molar-refractivity contribution in [3.63, 3.8) is 0 Å². The molecule has 1 heterocycles. The van der Waals surface area contributed by atoms with Crippen LogP contribution in [0.4, 0.5) is 0 Å². The lowest BCUT2D eigenvalue weighted by Gasteiger charge is -2.05. The lowest BCUT2D eigenvalue weighted by molar-refractivity contribution is 0.259. The first-order valence-electron chi connectivity index (χ1n) is 6.00. The van der Waals surface area contributed by atoms with Gasteiger partial charge in [-0.3, -0.25) is 0 Å². The van der Waals surface area contributed by atoms with Crippen LogP contribution >= 0.6 is 0 Å². The Morgan fingerprint density at radius 3 is 2.95 bits per heavy atom. The fraction of sp³-hybridized carbons (Fsp3) is 0.385. The SMILES string of the molecule is COc1cc(C)ccc1-c1noc(C(N)CCO)n1. The van der Waals surface area contributed by atoms with Crippen LogP contribution in [0.25, 0.3) is 11.4 Å². The summed E-state index contributed by atoms with van der Waals surface area (Å²) in [4.78, 5) is 4.24. The first-order valence-corrected chi connectivity index (χ1v) is 6.00. The van der Waals surface area contributed by atoms with Gasteiger partial charge in [-0.2, -0.15) is 4.98 Å². The van der Waals surface area contributed by atoms with Gasteiger partial charge in [-0.1, -0.05) is 11.2 Å². The fourth-order valence-electron chi connectivity index (χ4n) is 1.74. The van der Waals surface area contributed by atoms with E-state index in [2.05, 4.69) is 10.1 Å². The first-order chi connectivity index (χ1) is 9.15. The van der Waals surface area contributed by atoms with E-state index in [-0.39, 0.29) is 6.61 Å². The molecule has 2 aromatic rings. The van der Waals surface area contributed by atoms with Crippen LogP contribution in [0.2, 0.25) is 0 Å². The highest BCUT2D eigenvalue weighted by atomic mass is 16.5. The number of ether oxygens (including phenoxy) is 1. The number of aromatic nitrogens is 2. The zero-order valence-corrected chi connectivity index (χ0v) is 11.0. The van der Waals surface area contributed by atoms with Crippen LogP contribution in [0.15, 0.2) is 22.7 Å². The number of hydrogen-bond donors (Lipinski definition) is 2. The number of rotatable bonds is 5. The van der Waals surface area contributed by atoms with Gasteiger partial charge in [0.2, 0.25) is 11.7 Å². The van der Waals surface area contributed by atoms with E-state index < -0.39 is 6.04 Å². The summed E-state index contributed by atoms with van der Waals surface area (Å²) in [5.41, 5.74) is 7.64. The summed E-state index contributed by atoms with van der Waals surface area (Å²) < 4.78 is 10.4. The summed E-state index contributed by atoms with van der Waals surface area (Å²) in [5.74, 6) is 1.43. The second-order valence-corrected chi connectivity index (χ2v) is 4.28. The van der Waals surface area contributed by atoms with Crippen molar-refractivity contribution in [2.45, 2.75) is 19.4 Å². The molecule has 2 rings (SSSR count). The number of aliphatic hydroxyl groups is 1. The van der Waals surface area contributed by atoms with Crippen LogP contribution in [0.3, 0.4) is 0 Å². The molecule has 0 aliphatic rings. The van der Waals surface area contributed by atoms with Gasteiger partial charge in [-0.05, 0) is 31.0 Å². The van der Waals surface area contributed by atoms with Crippen molar-refractivity contribution in [1.82, 2.24) is 10.1 Å². The van der Waals surface area contributed by atoms with Crippen LogP contribution in [0.5, 0.6) is 5.75 Å². The van der Waals surface area contributed by atoms with Gasteiger partial charge in [0.15, 0.2) is 0 Å². The van der Waals surface area contributed by atoms with Crippen LogP contribution in [0, 0.1) is 6.92 Å². The summed E-state index contributed by atoms with van der Waals surface area (Å²) in [6.07, 6.45) is 0.382. The number of benzene rings is 1. The Hall–Kier alpha value is -1.92. The van der Waals surface area contributed by atoms with Gasteiger partial charge in [0.25, 0.3) is 0 Å². The average Bonchev–Trinajstić information content (AvgIpc) is 2.88. The third kappa shape index (κ3) is 2.91. The molecule has 1 aromatic carbocycles. The Kier molecular flexibility index (Phi) is 4.13. The topological polar surface area (TPSA) is 94.4 Å². The third-order valence-corrected chi connectivity index (χ3v) is 2.80. The maximum Gasteiger partial charge on any atom is 0.243 e. The van der Waals surface area contributed by atoms with Gasteiger partial charge in [0.1, 0.15) is 5.75 Å². The van der Waals surface area contributed by atoms with Gasteiger partial charge in [0.05, 0.1) is 18.7 Å². The molecule has 0 aliphatic carbocycles. The Balaban J connectivity index is 2.32. The fourth-order valence-corrected chi connectivity index (χ4v) is 1.74. The summed E-state index contributed by atoms with van der Waals surface area (Å²) in [7, 11) is 1.59. The van der Waals surface area contributed by atoms with E-state index in [9.17, 15) is 0 Å². The van der Waals surface area contributed by atoms with Gasteiger partial charge in [0, 0.05) is 6.61 Å². The number of aryl methyl sites for hydroxylation is 1. The minimum atomic E-state index is -0.456. The highest BCUT2D eigenvalue weighted by Crippen LogP contribution is 2.29. The molecule has 0 saturated carbocycles. The molecule has 6 heteroatoms. The van der Waals surface area contributed by atoms with Gasteiger partial charge < -0.3 is 20.1 Å². The van der Waals surface area contributed by atoms with E-state index >= 15 is 0 Å². The van der Waals surface area contributed by atoms with Gasteiger partial charge in [-0.25, -0.2) is 0 Å². The number of hydrogen-bond acceptors (Lipinski definition) is 6. The molecule has 0 spiro atoms. The molecule has 0 aliphatic heterocycles. The standard InChI is InChI=1S/C13H17N3O3/c1-8-3-4-9(11(7-8)18-2)12-15-13(19-16-12)10(14)5-6-17/h3-4,7,10,17H,5-6,14H2,1-2H3. The zero-order chi connectivity index (χ0) is 13.8. The molecule has 1 aromatic heterocycles. The predicted molar refractivity (Wildman–Crippen MR) is 69.7 cm³/mol. The molecule has 1 unspecified atom stereocenters. The van der Waals surface area contributed by atoms with Crippen LogP contribution < -0.4 is 10.5 Å². The first kappa shape index (κ1) is 13.5. The van der Waals surface area contributed by atoms with Crippen molar-refractivity contribution in [2.24, 2.45) is 5.73 Å². The quantitative estimate of drug-likeness (QED) is 0.847. The van der Waals surface area contributed by atoms with Crippen molar-refractivity contribution < 1.29 is 14.4 Å². The number of aliphatic hydroxyl groups excluding tert-OH is 1. The maximum atomic E-state index is 8.84. The Bertz CT molecular complexity index is 554. The monoisotopic (exact) mass is 263 g/mol. The summed E-state index contributed by atoms with van der Waals surface area (Å²) in [6.45, 7) is 1.96. The number of nitrogens with two attached hydrogens (primary N) is 1. The van der Waals surface area contributed by atoms with E-state index in [4.69, 9.17) is 20.1 Å². The van der Waals surface area contributed by atoms with Crippen LogP contribution in [-0.4, -0.2) is 29.0 Å². The summed E-state index contributed by atoms with van der Waals surface area (Å²) in [5, 5.41) is 12.7. The molecule has 0 radical (unpaired) electrons. The molecular formula is C13H17N3O3. The Morgan fingerprint density at radius 2 is 2.26 bits per heavy atom. The second kappa shape index (κ2) is 5.81. The lowest BCUT2D eigenvalue weighted by Crippen LogP contribution is -2.12. The van der Waals surface area contributed by atoms with E-state index in [1.54, 1.807) is 7.11 Å². The molecule has 1 atom stereocenters. The average molecular weight is 263 g/mol. The summed E-state index contributed by atoms with van der Waals surface area (Å²) in [6, 6.07) is 5.27. The van der Waals surface area contributed by atoms with Gasteiger partial charge in [-0.15, -0.1) is 0 Å². The smallest absolute Gasteiger partial charge is 0.243 e. The second-order valence-electron chi connectivity index (χ2n) is 4.28. The molecule has 0 amide bonds. The van der Waals surface area contributed by atoms with Crippen LogP contribution in [-0.2, 0) is 0 Å². The van der Waals surface area contributed by atoms with Crippen molar-refractivity contribution in [2.75, 3.05) is 13.7 Å². The van der Waals surface area contributed by atoms with E-state index in [0.717, 1.165) is 11.1 Å². The number of methoxy groups -OCH3 is 1. The van der Waals surface area contributed by atoms with Crippen molar-refractivity contribution in [1.29, 1.82) is 0 Å². The Labute approximate surface area is 111 Å². The molecule has 19 heavy (non-hydrogen) atoms. The summed E-state index contributed by atoms with van der Waals surface area (Å²) >= 11 is 0. The molecule has 0 fully saturated rings. The third-order valence-electron chi connectivity index (χ3n) is 2.80.